The fourth-order valence-corrected chi connectivity index (χ4v) is 2.24. The summed E-state index contributed by atoms with van der Waals surface area (Å²) in [6.07, 6.45) is 0. The molecule has 0 radical (unpaired) electrons. The van der Waals surface area contributed by atoms with Crippen LogP contribution in [0.2, 0.25) is 10.0 Å². The molecule has 0 aliphatic heterocycles. The number of amides is 1. The van der Waals surface area contributed by atoms with Gasteiger partial charge in [-0.3, -0.25) is 4.79 Å². The summed E-state index contributed by atoms with van der Waals surface area (Å²) in [6, 6.07) is 12.0. The lowest BCUT2D eigenvalue weighted by Crippen LogP contribution is -2.26. The first-order valence-electron chi connectivity index (χ1n) is 5.58. The normalized spacial score (nSPS) is 10.3. The molecule has 3 nitrogen and oxygen atoms in total. The summed E-state index contributed by atoms with van der Waals surface area (Å²) in [4.78, 5) is 13.9. The number of nitrogens with two attached hydrogens (primary N) is 1. The van der Waals surface area contributed by atoms with Crippen LogP contribution in [0.3, 0.4) is 0 Å². The van der Waals surface area contributed by atoms with Crippen LogP contribution in [0.25, 0.3) is 0 Å². The number of nitrogen functional groups attached to an aromatic ring is 1. The largest absolute Gasteiger partial charge is 0.399 e. The van der Waals surface area contributed by atoms with Gasteiger partial charge in [0.05, 0.1) is 15.6 Å². The number of hydrogen-bond donors (Lipinski definition) is 1. The van der Waals surface area contributed by atoms with Gasteiger partial charge in [-0.15, -0.1) is 0 Å². The second-order valence-corrected chi connectivity index (χ2v) is 4.87. The maximum Gasteiger partial charge on any atom is 0.261 e. The molecule has 0 saturated carbocycles. The smallest absolute Gasteiger partial charge is 0.261 e. The minimum Gasteiger partial charge on any atom is -0.399 e. The van der Waals surface area contributed by atoms with Gasteiger partial charge in [0.2, 0.25) is 0 Å². The Morgan fingerprint density at radius 3 is 2.11 bits per heavy atom. The standard InChI is InChI=1S/C14H12Cl2N2O/c1-18(10-7-5-9(17)6-8-10)14(19)13-11(15)3-2-4-12(13)16/h2-8H,17H2,1H3. The highest BCUT2D eigenvalue weighted by atomic mass is 35.5. The molecule has 0 spiro atoms. The SMILES string of the molecule is CN(C(=O)c1c(Cl)cccc1Cl)c1ccc(N)cc1. The Hall–Kier alpha value is -1.71. The van der Waals surface area contributed by atoms with Crippen molar-refractivity contribution in [2.24, 2.45) is 0 Å². The van der Waals surface area contributed by atoms with Gasteiger partial charge in [0.1, 0.15) is 0 Å². The number of carbonyl (C=O) groups excluding carboxylic acids is 1. The van der Waals surface area contributed by atoms with Gasteiger partial charge in [0.15, 0.2) is 0 Å². The third kappa shape index (κ3) is 2.83. The number of anilines is 2. The summed E-state index contributed by atoms with van der Waals surface area (Å²) in [7, 11) is 1.66. The van der Waals surface area contributed by atoms with Crippen molar-refractivity contribution < 1.29 is 4.79 Å². The summed E-state index contributed by atoms with van der Waals surface area (Å²) in [5.74, 6) is -0.264. The lowest BCUT2D eigenvalue weighted by molar-refractivity contribution is 0.0993. The van der Waals surface area contributed by atoms with E-state index < -0.39 is 0 Å². The third-order valence-corrected chi connectivity index (χ3v) is 3.39. The molecule has 2 aromatic rings. The van der Waals surface area contributed by atoms with E-state index in [1.807, 2.05) is 0 Å². The van der Waals surface area contributed by atoms with Gasteiger partial charge in [-0.1, -0.05) is 29.3 Å². The van der Waals surface area contributed by atoms with Gasteiger partial charge in [0.25, 0.3) is 5.91 Å². The molecule has 0 saturated heterocycles. The first-order valence-corrected chi connectivity index (χ1v) is 6.34. The maximum atomic E-state index is 12.4. The molecule has 19 heavy (non-hydrogen) atoms. The average Bonchev–Trinajstić information content (AvgIpc) is 2.38. The molecule has 2 aromatic carbocycles. The molecule has 98 valence electrons. The van der Waals surface area contributed by atoms with E-state index in [9.17, 15) is 4.79 Å². The van der Waals surface area contributed by atoms with Crippen molar-refractivity contribution in [3.8, 4) is 0 Å². The van der Waals surface area contributed by atoms with Gasteiger partial charge >= 0.3 is 0 Å². The maximum absolute atomic E-state index is 12.4. The summed E-state index contributed by atoms with van der Waals surface area (Å²) in [5.41, 5.74) is 7.27. The topological polar surface area (TPSA) is 46.3 Å². The fourth-order valence-electron chi connectivity index (χ4n) is 1.69. The highest BCUT2D eigenvalue weighted by Crippen LogP contribution is 2.27. The number of hydrogen-bond acceptors (Lipinski definition) is 2. The highest BCUT2D eigenvalue weighted by Gasteiger charge is 2.19. The lowest BCUT2D eigenvalue weighted by atomic mass is 10.2. The molecule has 0 aliphatic rings. The van der Waals surface area contributed by atoms with Gasteiger partial charge in [0, 0.05) is 18.4 Å². The molecular formula is C14H12Cl2N2O. The Balaban J connectivity index is 2.36. The quantitative estimate of drug-likeness (QED) is 0.855. The zero-order valence-electron chi connectivity index (χ0n) is 10.2. The molecule has 2 N–H and O–H groups in total. The van der Waals surface area contributed by atoms with E-state index in [1.54, 1.807) is 49.5 Å². The van der Waals surface area contributed by atoms with Crippen LogP contribution in [0.4, 0.5) is 11.4 Å². The molecule has 0 heterocycles. The second kappa shape index (κ2) is 5.51. The molecular weight excluding hydrogens is 283 g/mol. The predicted molar refractivity (Wildman–Crippen MR) is 80.0 cm³/mol. The average molecular weight is 295 g/mol. The van der Waals surface area contributed by atoms with Gasteiger partial charge < -0.3 is 10.6 Å². The van der Waals surface area contributed by atoms with Crippen LogP contribution in [-0.2, 0) is 0 Å². The van der Waals surface area contributed by atoms with Crippen molar-refractivity contribution in [2.45, 2.75) is 0 Å². The van der Waals surface area contributed by atoms with Crippen LogP contribution in [0.1, 0.15) is 10.4 Å². The minimum absolute atomic E-state index is 0.264. The molecule has 0 atom stereocenters. The Kier molecular flexibility index (Phi) is 3.98. The van der Waals surface area contributed by atoms with Crippen LogP contribution in [0, 0.1) is 0 Å². The number of rotatable bonds is 2. The van der Waals surface area contributed by atoms with E-state index in [0.29, 0.717) is 21.3 Å². The number of carbonyl (C=O) groups is 1. The van der Waals surface area contributed by atoms with Crippen molar-refractivity contribution in [1.29, 1.82) is 0 Å². The van der Waals surface area contributed by atoms with Gasteiger partial charge in [-0.25, -0.2) is 0 Å². The number of nitrogens with zero attached hydrogens (tertiary/aromatic N) is 1. The predicted octanol–water partition coefficient (Wildman–Crippen LogP) is 3.85. The van der Waals surface area contributed by atoms with Gasteiger partial charge in [-0.05, 0) is 36.4 Å². The van der Waals surface area contributed by atoms with E-state index >= 15 is 0 Å². The summed E-state index contributed by atoms with van der Waals surface area (Å²) < 4.78 is 0. The fraction of sp³-hybridized carbons (Fsp3) is 0.0714. The minimum atomic E-state index is -0.264. The molecule has 0 fully saturated rings. The Morgan fingerprint density at radius 2 is 1.58 bits per heavy atom. The van der Waals surface area contributed by atoms with Crippen molar-refractivity contribution in [3.05, 3.63) is 58.1 Å². The summed E-state index contributed by atoms with van der Waals surface area (Å²) >= 11 is 12.1. The molecule has 0 unspecified atom stereocenters. The number of halogens is 2. The third-order valence-electron chi connectivity index (χ3n) is 2.76. The van der Waals surface area contributed by atoms with Crippen LogP contribution < -0.4 is 10.6 Å². The van der Waals surface area contributed by atoms with E-state index in [0.717, 1.165) is 5.69 Å². The highest BCUT2D eigenvalue weighted by molar-refractivity contribution is 6.40. The second-order valence-electron chi connectivity index (χ2n) is 4.05. The Morgan fingerprint density at radius 1 is 1.05 bits per heavy atom. The van der Waals surface area contributed by atoms with Crippen LogP contribution in [0.5, 0.6) is 0 Å². The lowest BCUT2D eigenvalue weighted by Gasteiger charge is -2.19. The van der Waals surface area contributed by atoms with Crippen molar-refractivity contribution >= 4 is 40.5 Å². The van der Waals surface area contributed by atoms with Gasteiger partial charge in [-0.2, -0.15) is 0 Å². The number of benzene rings is 2. The Bertz CT molecular complexity index is 591. The van der Waals surface area contributed by atoms with Crippen molar-refractivity contribution in [3.63, 3.8) is 0 Å². The Labute approximate surface area is 121 Å². The van der Waals surface area contributed by atoms with E-state index in [1.165, 1.54) is 4.90 Å². The molecule has 0 bridgehead atoms. The van der Waals surface area contributed by atoms with Crippen LogP contribution in [0.15, 0.2) is 42.5 Å². The first kappa shape index (κ1) is 13.7. The van der Waals surface area contributed by atoms with Crippen molar-refractivity contribution in [1.82, 2.24) is 0 Å². The van der Waals surface area contributed by atoms with Crippen molar-refractivity contribution in [2.75, 3.05) is 17.7 Å². The molecule has 5 heteroatoms. The zero-order valence-corrected chi connectivity index (χ0v) is 11.7. The van der Waals surface area contributed by atoms with E-state index in [-0.39, 0.29) is 5.91 Å². The van der Waals surface area contributed by atoms with E-state index in [2.05, 4.69) is 0 Å². The monoisotopic (exact) mass is 294 g/mol. The molecule has 2 rings (SSSR count). The molecule has 0 aromatic heterocycles. The summed E-state index contributed by atoms with van der Waals surface area (Å²) in [6.45, 7) is 0. The summed E-state index contributed by atoms with van der Waals surface area (Å²) in [5, 5.41) is 0.666. The van der Waals surface area contributed by atoms with E-state index in [4.69, 9.17) is 28.9 Å². The molecule has 0 aliphatic carbocycles. The molecule has 1 amide bonds. The van der Waals surface area contributed by atoms with Crippen LogP contribution >= 0.6 is 23.2 Å². The van der Waals surface area contributed by atoms with Crippen LogP contribution in [-0.4, -0.2) is 13.0 Å². The first-order chi connectivity index (χ1) is 9.00. The zero-order chi connectivity index (χ0) is 14.0.